The summed E-state index contributed by atoms with van der Waals surface area (Å²) in [4.78, 5) is 13.6. The lowest BCUT2D eigenvalue weighted by Gasteiger charge is -2.21. The van der Waals surface area contributed by atoms with Crippen molar-refractivity contribution < 1.29 is 13.9 Å². The Morgan fingerprint density at radius 3 is 2.79 bits per heavy atom. The lowest BCUT2D eigenvalue weighted by molar-refractivity contribution is -0.121. The van der Waals surface area contributed by atoms with Crippen LogP contribution < -0.4 is 15.0 Å². The van der Waals surface area contributed by atoms with Gasteiger partial charge in [-0.05, 0) is 25.1 Å². The number of carbonyl (C=O) groups excluding carboxylic acids is 1. The second kappa shape index (κ2) is 6.73. The van der Waals surface area contributed by atoms with Gasteiger partial charge in [0.2, 0.25) is 5.91 Å². The van der Waals surface area contributed by atoms with Crippen molar-refractivity contribution in [3.63, 3.8) is 0 Å². The molecule has 1 aromatic carbocycles. The minimum absolute atomic E-state index is 0. The Bertz CT molecular complexity index is 450. The van der Waals surface area contributed by atoms with Gasteiger partial charge in [0.15, 0.2) is 11.6 Å². The molecule has 1 unspecified atom stereocenters. The van der Waals surface area contributed by atoms with Crippen molar-refractivity contribution in [2.75, 3.05) is 32.1 Å². The zero-order valence-corrected chi connectivity index (χ0v) is 11.8. The Kier molecular flexibility index (Phi) is 5.57. The summed E-state index contributed by atoms with van der Waals surface area (Å²) in [5.74, 6) is -0.272. The number of anilines is 1. The molecule has 0 radical (unpaired) electrons. The minimum atomic E-state index is -0.459. The molecule has 19 heavy (non-hydrogen) atoms. The highest BCUT2D eigenvalue weighted by molar-refractivity contribution is 5.94. The summed E-state index contributed by atoms with van der Waals surface area (Å²) in [5, 5.41) is 3.15. The van der Waals surface area contributed by atoms with E-state index in [9.17, 15) is 9.18 Å². The van der Waals surface area contributed by atoms with Crippen LogP contribution in [0.15, 0.2) is 18.2 Å². The number of carbonyl (C=O) groups is 1. The summed E-state index contributed by atoms with van der Waals surface area (Å²) in [7, 11) is 3.08. The number of hydrogen-bond acceptors (Lipinski definition) is 3. The summed E-state index contributed by atoms with van der Waals surface area (Å²) in [6.45, 7) is 1.56. The van der Waals surface area contributed by atoms with E-state index in [1.54, 1.807) is 13.1 Å². The Labute approximate surface area is 118 Å². The maximum Gasteiger partial charge on any atom is 0.231 e. The number of amides is 1. The highest BCUT2D eigenvalue weighted by Crippen LogP contribution is 2.24. The second-order valence-corrected chi connectivity index (χ2v) is 4.41. The zero-order chi connectivity index (χ0) is 13.1. The lowest BCUT2D eigenvalue weighted by atomic mass is 10.1. The highest BCUT2D eigenvalue weighted by atomic mass is 35.5. The third-order valence-corrected chi connectivity index (χ3v) is 3.26. The number of methoxy groups -OCH3 is 1. The first kappa shape index (κ1) is 15.7. The molecule has 1 fully saturated rings. The van der Waals surface area contributed by atoms with Crippen molar-refractivity contribution >= 4 is 24.0 Å². The maximum absolute atomic E-state index is 13.6. The van der Waals surface area contributed by atoms with E-state index in [0.29, 0.717) is 12.2 Å². The predicted octanol–water partition coefficient (Wildman–Crippen LogP) is 1.83. The van der Waals surface area contributed by atoms with Gasteiger partial charge in [0.25, 0.3) is 0 Å². The van der Waals surface area contributed by atoms with Crippen molar-refractivity contribution in [3.05, 3.63) is 24.0 Å². The second-order valence-electron chi connectivity index (χ2n) is 4.41. The SMILES string of the molecule is COc1ccc(N(C)C(=O)C2CCNC2)cc1F.Cl. The summed E-state index contributed by atoms with van der Waals surface area (Å²) < 4.78 is 18.4. The largest absolute Gasteiger partial charge is 0.494 e. The normalized spacial score (nSPS) is 17.7. The van der Waals surface area contributed by atoms with Crippen molar-refractivity contribution in [2.45, 2.75) is 6.42 Å². The molecule has 0 aromatic heterocycles. The molecule has 6 heteroatoms. The Morgan fingerprint density at radius 2 is 2.26 bits per heavy atom. The van der Waals surface area contributed by atoms with Crippen molar-refractivity contribution in [2.24, 2.45) is 5.92 Å². The number of nitrogens with zero attached hydrogens (tertiary/aromatic N) is 1. The summed E-state index contributed by atoms with van der Waals surface area (Å²) >= 11 is 0. The first-order chi connectivity index (χ1) is 8.63. The van der Waals surface area contributed by atoms with Crippen LogP contribution >= 0.6 is 12.4 Å². The van der Waals surface area contributed by atoms with Crippen LogP contribution in [0, 0.1) is 11.7 Å². The fourth-order valence-corrected chi connectivity index (χ4v) is 2.13. The Morgan fingerprint density at radius 1 is 1.53 bits per heavy atom. The average Bonchev–Trinajstić information content (AvgIpc) is 2.90. The van der Waals surface area contributed by atoms with Crippen LogP contribution in [0.5, 0.6) is 5.75 Å². The Balaban J connectivity index is 0.00000180. The van der Waals surface area contributed by atoms with E-state index in [2.05, 4.69) is 5.32 Å². The fraction of sp³-hybridized carbons (Fsp3) is 0.462. The number of halogens is 2. The monoisotopic (exact) mass is 288 g/mol. The van der Waals surface area contributed by atoms with Crippen LogP contribution in [-0.4, -0.2) is 33.2 Å². The molecule has 1 heterocycles. The molecule has 1 atom stereocenters. The molecule has 1 N–H and O–H groups in total. The lowest BCUT2D eigenvalue weighted by Crippen LogP contribution is -2.34. The van der Waals surface area contributed by atoms with Crippen LogP contribution in [0.3, 0.4) is 0 Å². The fourth-order valence-electron chi connectivity index (χ4n) is 2.13. The number of benzene rings is 1. The van der Waals surface area contributed by atoms with Gasteiger partial charge >= 0.3 is 0 Å². The number of nitrogens with one attached hydrogen (secondary N) is 1. The van der Waals surface area contributed by atoms with Gasteiger partial charge in [0.05, 0.1) is 13.0 Å². The molecule has 0 saturated carbocycles. The maximum atomic E-state index is 13.6. The molecule has 2 rings (SSSR count). The van der Waals surface area contributed by atoms with E-state index in [1.807, 2.05) is 0 Å². The van der Waals surface area contributed by atoms with Gasteiger partial charge in [-0.3, -0.25) is 4.79 Å². The van der Waals surface area contributed by atoms with Crippen molar-refractivity contribution in [1.82, 2.24) is 5.32 Å². The molecule has 106 valence electrons. The third-order valence-electron chi connectivity index (χ3n) is 3.26. The molecule has 0 spiro atoms. The zero-order valence-electron chi connectivity index (χ0n) is 11.0. The highest BCUT2D eigenvalue weighted by Gasteiger charge is 2.26. The molecule has 1 aliphatic heterocycles. The molecular formula is C13H18ClFN2O2. The summed E-state index contributed by atoms with van der Waals surface area (Å²) in [6, 6.07) is 4.53. The first-order valence-corrected chi connectivity index (χ1v) is 5.95. The van der Waals surface area contributed by atoms with Crippen LogP contribution in [0.25, 0.3) is 0 Å². The van der Waals surface area contributed by atoms with Gasteiger partial charge in [0.1, 0.15) is 0 Å². The molecule has 1 aliphatic rings. The van der Waals surface area contributed by atoms with Crippen molar-refractivity contribution in [1.29, 1.82) is 0 Å². The summed E-state index contributed by atoms with van der Waals surface area (Å²) in [5.41, 5.74) is 0.546. The van der Waals surface area contributed by atoms with E-state index in [1.165, 1.54) is 24.1 Å². The smallest absolute Gasteiger partial charge is 0.231 e. The molecule has 0 bridgehead atoms. The quantitative estimate of drug-likeness (QED) is 0.923. The molecule has 1 amide bonds. The van der Waals surface area contributed by atoms with Gasteiger partial charge in [-0.1, -0.05) is 0 Å². The molecule has 1 saturated heterocycles. The number of ether oxygens (including phenoxy) is 1. The molecular weight excluding hydrogens is 271 g/mol. The van der Waals surface area contributed by atoms with E-state index in [0.717, 1.165) is 13.0 Å². The van der Waals surface area contributed by atoms with E-state index < -0.39 is 5.82 Å². The average molecular weight is 289 g/mol. The number of hydrogen-bond donors (Lipinski definition) is 1. The van der Waals surface area contributed by atoms with Gasteiger partial charge < -0.3 is 15.0 Å². The van der Waals surface area contributed by atoms with Gasteiger partial charge in [-0.15, -0.1) is 12.4 Å². The molecule has 4 nitrogen and oxygen atoms in total. The first-order valence-electron chi connectivity index (χ1n) is 5.95. The van der Waals surface area contributed by atoms with Crippen molar-refractivity contribution in [3.8, 4) is 5.75 Å². The standard InChI is InChI=1S/C13H17FN2O2.ClH/c1-16(13(17)9-5-6-15-8-9)10-3-4-12(18-2)11(14)7-10;/h3-4,7,9,15H,5-6,8H2,1-2H3;1H. The minimum Gasteiger partial charge on any atom is -0.494 e. The van der Waals surface area contributed by atoms with Gasteiger partial charge in [0, 0.05) is 25.3 Å². The van der Waals surface area contributed by atoms with E-state index in [4.69, 9.17) is 4.74 Å². The van der Waals surface area contributed by atoms with Gasteiger partial charge in [-0.2, -0.15) is 0 Å². The molecule has 1 aromatic rings. The van der Waals surface area contributed by atoms with E-state index >= 15 is 0 Å². The molecule has 0 aliphatic carbocycles. The van der Waals surface area contributed by atoms with Crippen LogP contribution in [0.4, 0.5) is 10.1 Å². The van der Waals surface area contributed by atoms with Crippen LogP contribution in [-0.2, 0) is 4.79 Å². The van der Waals surface area contributed by atoms with E-state index in [-0.39, 0.29) is 30.0 Å². The topological polar surface area (TPSA) is 41.6 Å². The Hall–Kier alpha value is -1.33. The van der Waals surface area contributed by atoms with Crippen LogP contribution in [0.1, 0.15) is 6.42 Å². The predicted molar refractivity (Wildman–Crippen MR) is 74.6 cm³/mol. The number of rotatable bonds is 3. The van der Waals surface area contributed by atoms with Crippen LogP contribution in [0.2, 0.25) is 0 Å². The summed E-state index contributed by atoms with van der Waals surface area (Å²) in [6.07, 6.45) is 0.835. The third kappa shape index (κ3) is 3.36. The van der Waals surface area contributed by atoms with Gasteiger partial charge in [-0.25, -0.2) is 4.39 Å².